The number of carbonyl (C=O) groups is 1. The van der Waals surface area contributed by atoms with Gasteiger partial charge in [0.1, 0.15) is 5.75 Å². The molecular formula is C22H19N5O4S2. The van der Waals surface area contributed by atoms with Gasteiger partial charge >= 0.3 is 0 Å². The highest BCUT2D eigenvalue weighted by Gasteiger charge is 2.17. The van der Waals surface area contributed by atoms with Gasteiger partial charge in [0.25, 0.3) is 11.6 Å². The summed E-state index contributed by atoms with van der Waals surface area (Å²) in [5.41, 5.74) is 1.70. The summed E-state index contributed by atoms with van der Waals surface area (Å²) in [5, 5.41) is 24.9. The molecule has 0 spiro atoms. The summed E-state index contributed by atoms with van der Waals surface area (Å²) in [6.45, 7) is 0.153. The minimum absolute atomic E-state index is 0.00930. The molecule has 4 rings (SSSR count). The molecule has 0 fully saturated rings. The van der Waals surface area contributed by atoms with Gasteiger partial charge in [-0.25, -0.2) is 0 Å². The molecule has 33 heavy (non-hydrogen) atoms. The molecule has 1 amide bonds. The number of thioether (sulfide) groups is 1. The number of thiophene rings is 1. The Hall–Kier alpha value is -3.70. The van der Waals surface area contributed by atoms with Gasteiger partial charge in [0, 0.05) is 23.6 Å². The predicted octanol–water partition coefficient (Wildman–Crippen LogP) is 4.47. The van der Waals surface area contributed by atoms with E-state index in [1.54, 1.807) is 29.9 Å². The van der Waals surface area contributed by atoms with Crippen LogP contribution < -0.4 is 10.1 Å². The van der Waals surface area contributed by atoms with Gasteiger partial charge in [-0.2, -0.15) is 0 Å². The van der Waals surface area contributed by atoms with Gasteiger partial charge in [-0.3, -0.25) is 19.5 Å². The van der Waals surface area contributed by atoms with Crippen molar-refractivity contribution in [3.05, 3.63) is 92.4 Å². The van der Waals surface area contributed by atoms with Crippen molar-refractivity contribution in [3.63, 3.8) is 0 Å². The van der Waals surface area contributed by atoms with Crippen LogP contribution in [0.15, 0.2) is 71.2 Å². The van der Waals surface area contributed by atoms with E-state index in [9.17, 15) is 14.9 Å². The van der Waals surface area contributed by atoms with E-state index in [-0.39, 0.29) is 18.1 Å². The highest BCUT2D eigenvalue weighted by molar-refractivity contribution is 7.98. The zero-order valence-electron chi connectivity index (χ0n) is 17.5. The Bertz CT molecular complexity index is 1260. The van der Waals surface area contributed by atoms with Crippen molar-refractivity contribution in [2.75, 3.05) is 7.11 Å². The summed E-state index contributed by atoms with van der Waals surface area (Å²) >= 11 is 2.82. The number of nitro groups is 1. The lowest BCUT2D eigenvalue weighted by Gasteiger charge is -2.11. The summed E-state index contributed by atoms with van der Waals surface area (Å²) in [6.07, 6.45) is 0. The van der Waals surface area contributed by atoms with Crippen LogP contribution in [0.5, 0.6) is 5.75 Å². The van der Waals surface area contributed by atoms with E-state index in [0.717, 1.165) is 11.3 Å². The first-order valence-corrected chi connectivity index (χ1v) is 11.7. The molecule has 0 aliphatic rings. The van der Waals surface area contributed by atoms with Crippen molar-refractivity contribution in [2.45, 2.75) is 17.5 Å². The number of nitro benzene ring substituents is 1. The van der Waals surface area contributed by atoms with Gasteiger partial charge in [0.05, 0.1) is 23.5 Å². The maximum absolute atomic E-state index is 12.4. The number of non-ortho nitro benzene ring substituents is 1. The second-order valence-corrected chi connectivity index (χ2v) is 8.70. The first-order valence-electron chi connectivity index (χ1n) is 9.81. The van der Waals surface area contributed by atoms with E-state index in [0.29, 0.717) is 27.3 Å². The van der Waals surface area contributed by atoms with E-state index in [1.165, 1.54) is 35.2 Å². The molecule has 0 saturated heterocycles. The van der Waals surface area contributed by atoms with Crippen LogP contribution in [0.4, 0.5) is 5.69 Å². The molecule has 1 N–H and O–H groups in total. The SMILES string of the molecule is COc1cccc(CSc2nnc(CNC(=O)c3cccs3)n2-c2ccc([N+](=O)[O-])cc2)c1. The van der Waals surface area contributed by atoms with E-state index in [2.05, 4.69) is 15.5 Å². The molecule has 2 aromatic carbocycles. The number of hydrogen-bond acceptors (Lipinski definition) is 8. The molecule has 4 aromatic rings. The normalized spacial score (nSPS) is 10.7. The van der Waals surface area contributed by atoms with Crippen LogP contribution in [-0.2, 0) is 12.3 Å². The number of ether oxygens (including phenoxy) is 1. The number of benzene rings is 2. The average molecular weight is 482 g/mol. The summed E-state index contributed by atoms with van der Waals surface area (Å²) in [6, 6.07) is 17.4. The topological polar surface area (TPSA) is 112 Å². The Balaban J connectivity index is 1.59. The van der Waals surface area contributed by atoms with E-state index < -0.39 is 4.92 Å². The van der Waals surface area contributed by atoms with Crippen LogP contribution in [0.25, 0.3) is 5.69 Å². The minimum atomic E-state index is -0.448. The standard InChI is InChI=1S/C22H19N5O4S2/c1-31-18-5-2-4-15(12-18)14-33-22-25-24-20(13-23-21(28)19-6-3-11-32-19)26(22)16-7-9-17(10-8-16)27(29)30/h2-12H,13-14H2,1H3,(H,23,28). The summed E-state index contributed by atoms with van der Waals surface area (Å²) in [7, 11) is 1.62. The summed E-state index contributed by atoms with van der Waals surface area (Å²) in [4.78, 5) is 23.6. The highest BCUT2D eigenvalue weighted by atomic mass is 32.2. The Labute approximate surface area is 197 Å². The molecule has 0 aliphatic carbocycles. The number of methoxy groups -OCH3 is 1. The highest BCUT2D eigenvalue weighted by Crippen LogP contribution is 2.27. The summed E-state index contributed by atoms with van der Waals surface area (Å²) < 4.78 is 7.08. The van der Waals surface area contributed by atoms with Crippen molar-refractivity contribution >= 4 is 34.7 Å². The third kappa shape index (κ3) is 5.38. The van der Waals surface area contributed by atoms with Gasteiger partial charge in [0.2, 0.25) is 0 Å². The molecular weight excluding hydrogens is 462 g/mol. The van der Waals surface area contributed by atoms with Crippen molar-refractivity contribution in [1.82, 2.24) is 20.1 Å². The lowest BCUT2D eigenvalue weighted by molar-refractivity contribution is -0.384. The van der Waals surface area contributed by atoms with Crippen LogP contribution in [0.1, 0.15) is 21.1 Å². The maximum atomic E-state index is 12.4. The first-order chi connectivity index (χ1) is 16.0. The molecule has 0 radical (unpaired) electrons. The number of amides is 1. The first kappa shape index (κ1) is 22.5. The van der Waals surface area contributed by atoms with Crippen LogP contribution in [0.2, 0.25) is 0 Å². The number of nitrogens with zero attached hydrogens (tertiary/aromatic N) is 4. The zero-order chi connectivity index (χ0) is 23.2. The Morgan fingerprint density at radius 3 is 2.70 bits per heavy atom. The molecule has 2 aromatic heterocycles. The molecule has 0 atom stereocenters. The fraction of sp³-hybridized carbons (Fsp3) is 0.136. The monoisotopic (exact) mass is 481 g/mol. The van der Waals surface area contributed by atoms with Gasteiger partial charge in [-0.1, -0.05) is 30.0 Å². The van der Waals surface area contributed by atoms with Gasteiger partial charge in [0.15, 0.2) is 11.0 Å². The van der Waals surface area contributed by atoms with Crippen molar-refractivity contribution < 1.29 is 14.5 Å². The van der Waals surface area contributed by atoms with Crippen LogP contribution in [0.3, 0.4) is 0 Å². The third-order valence-electron chi connectivity index (χ3n) is 4.67. The predicted molar refractivity (Wildman–Crippen MR) is 126 cm³/mol. The van der Waals surface area contributed by atoms with Crippen molar-refractivity contribution in [3.8, 4) is 11.4 Å². The number of aromatic nitrogens is 3. The second-order valence-electron chi connectivity index (χ2n) is 6.81. The lowest BCUT2D eigenvalue weighted by atomic mass is 10.2. The molecule has 0 aliphatic heterocycles. The average Bonchev–Trinajstić information content (AvgIpc) is 3.52. The molecule has 2 heterocycles. The van der Waals surface area contributed by atoms with E-state index >= 15 is 0 Å². The van der Waals surface area contributed by atoms with Crippen LogP contribution in [0, 0.1) is 10.1 Å². The molecule has 0 bridgehead atoms. The molecule has 11 heteroatoms. The van der Waals surface area contributed by atoms with Crippen LogP contribution in [-0.4, -0.2) is 32.7 Å². The summed E-state index contributed by atoms with van der Waals surface area (Å²) in [5.74, 6) is 1.70. The van der Waals surface area contributed by atoms with Crippen molar-refractivity contribution in [1.29, 1.82) is 0 Å². The largest absolute Gasteiger partial charge is 0.497 e. The number of rotatable bonds is 9. The van der Waals surface area contributed by atoms with E-state index in [1.807, 2.05) is 35.7 Å². The van der Waals surface area contributed by atoms with E-state index in [4.69, 9.17) is 4.74 Å². The molecule has 0 unspecified atom stereocenters. The Kier molecular flexibility index (Phi) is 7.01. The third-order valence-corrected chi connectivity index (χ3v) is 6.54. The fourth-order valence-electron chi connectivity index (χ4n) is 3.06. The van der Waals surface area contributed by atoms with Gasteiger partial charge in [-0.15, -0.1) is 21.5 Å². The number of carbonyl (C=O) groups excluding carboxylic acids is 1. The Morgan fingerprint density at radius 2 is 2.00 bits per heavy atom. The van der Waals surface area contributed by atoms with Gasteiger partial charge in [-0.05, 0) is 41.3 Å². The molecule has 168 valence electrons. The van der Waals surface area contributed by atoms with Crippen molar-refractivity contribution in [2.24, 2.45) is 0 Å². The van der Waals surface area contributed by atoms with Crippen LogP contribution >= 0.6 is 23.1 Å². The quantitative estimate of drug-likeness (QED) is 0.213. The fourth-order valence-corrected chi connectivity index (χ4v) is 4.61. The Morgan fingerprint density at radius 1 is 1.18 bits per heavy atom. The molecule has 0 saturated carbocycles. The second kappa shape index (κ2) is 10.3. The minimum Gasteiger partial charge on any atom is -0.497 e. The number of nitrogens with one attached hydrogen (secondary N) is 1. The van der Waals surface area contributed by atoms with Gasteiger partial charge < -0.3 is 10.1 Å². The maximum Gasteiger partial charge on any atom is 0.269 e. The molecule has 9 nitrogen and oxygen atoms in total. The smallest absolute Gasteiger partial charge is 0.269 e. The number of hydrogen-bond donors (Lipinski definition) is 1. The lowest BCUT2D eigenvalue weighted by Crippen LogP contribution is -2.23. The zero-order valence-corrected chi connectivity index (χ0v) is 19.1.